The van der Waals surface area contributed by atoms with Crippen LogP contribution in [-0.4, -0.2) is 9.97 Å². The molecule has 0 amide bonds. The molecule has 0 radical (unpaired) electrons. The van der Waals surface area contributed by atoms with E-state index in [2.05, 4.69) is 41.2 Å². The van der Waals surface area contributed by atoms with Crippen LogP contribution in [0.3, 0.4) is 0 Å². The van der Waals surface area contributed by atoms with Gasteiger partial charge in [0.05, 0.1) is 5.69 Å². The van der Waals surface area contributed by atoms with Crippen LogP contribution < -0.4 is 16.0 Å². The number of aryl methyl sites for hydroxylation is 1. The van der Waals surface area contributed by atoms with Crippen molar-refractivity contribution in [3.05, 3.63) is 58.6 Å². The van der Waals surface area contributed by atoms with E-state index in [1.807, 2.05) is 43.3 Å². The standard InChI is InChI=1S/C17H14BrN7/c1-10-2-3-11(18)8-14(10)15-9-16(23-17(19)22-15)21-12-4-6-13(7-5-12)24-25-20/h2-9,20H,1H3,(H2,19,22,23)/p+1. The lowest BCUT2D eigenvalue weighted by Gasteiger charge is -2.10. The zero-order valence-electron chi connectivity index (χ0n) is 13.4. The minimum atomic E-state index is 0.194. The summed E-state index contributed by atoms with van der Waals surface area (Å²) in [4.78, 5) is 11.6. The van der Waals surface area contributed by atoms with Crippen LogP contribution >= 0.6 is 15.9 Å². The number of hydrogen-bond acceptors (Lipinski definition) is 6. The molecule has 7 nitrogen and oxygen atoms in total. The lowest BCUT2D eigenvalue weighted by atomic mass is 10.1. The molecule has 0 bridgehead atoms. The largest absolute Gasteiger partial charge is 0.368 e. The second kappa shape index (κ2) is 7.21. The number of benzene rings is 2. The molecule has 4 N–H and O–H groups in total. The third-order valence-corrected chi connectivity index (χ3v) is 4.02. The summed E-state index contributed by atoms with van der Waals surface area (Å²) in [5.41, 5.74) is 16.9. The molecule has 0 saturated carbocycles. The molecule has 0 atom stereocenters. The minimum Gasteiger partial charge on any atom is -0.368 e. The van der Waals surface area contributed by atoms with Gasteiger partial charge in [-0.05, 0) is 48.9 Å². The van der Waals surface area contributed by atoms with Gasteiger partial charge in [-0.3, -0.25) is 0 Å². The molecule has 0 aliphatic carbocycles. The fourth-order valence-electron chi connectivity index (χ4n) is 2.36. The van der Waals surface area contributed by atoms with Crippen LogP contribution in [-0.2, 0) is 0 Å². The average molecular weight is 397 g/mol. The van der Waals surface area contributed by atoms with Gasteiger partial charge in [-0.15, -0.1) is 0 Å². The predicted molar refractivity (Wildman–Crippen MR) is 101 cm³/mol. The fourth-order valence-corrected chi connectivity index (χ4v) is 2.72. The number of anilines is 3. The van der Waals surface area contributed by atoms with Crippen LogP contribution in [0.1, 0.15) is 5.56 Å². The number of nitrogens with zero attached hydrogens (tertiary/aromatic N) is 4. The average Bonchev–Trinajstić information content (AvgIpc) is 2.58. The Morgan fingerprint density at radius 2 is 1.88 bits per heavy atom. The van der Waals surface area contributed by atoms with Gasteiger partial charge in [0, 0.05) is 21.8 Å². The van der Waals surface area contributed by atoms with E-state index in [9.17, 15) is 0 Å². The summed E-state index contributed by atoms with van der Waals surface area (Å²) >= 11 is 3.48. The summed E-state index contributed by atoms with van der Waals surface area (Å²) < 4.78 is 0.971. The van der Waals surface area contributed by atoms with Gasteiger partial charge in [-0.25, -0.2) is 4.98 Å². The van der Waals surface area contributed by atoms with Gasteiger partial charge in [0.15, 0.2) is 10.8 Å². The summed E-state index contributed by atoms with van der Waals surface area (Å²) in [6.07, 6.45) is 0. The Morgan fingerprint density at radius 1 is 1.12 bits per heavy atom. The lowest BCUT2D eigenvalue weighted by molar-refractivity contribution is 0.992. The maximum Gasteiger partial charge on any atom is 0.222 e. The zero-order chi connectivity index (χ0) is 17.8. The Hall–Kier alpha value is -3.09. The minimum absolute atomic E-state index is 0.194. The van der Waals surface area contributed by atoms with E-state index in [4.69, 9.17) is 11.3 Å². The van der Waals surface area contributed by atoms with Gasteiger partial charge < -0.3 is 11.1 Å². The molecular formula is C17H15BrN7+. The molecular weight excluding hydrogens is 382 g/mol. The first kappa shape index (κ1) is 16.8. The highest BCUT2D eigenvalue weighted by Gasteiger charge is 2.09. The first-order valence-electron chi connectivity index (χ1n) is 7.41. The number of hydrogen-bond donors (Lipinski definition) is 3. The molecule has 8 heteroatoms. The smallest absolute Gasteiger partial charge is 0.222 e. The first-order chi connectivity index (χ1) is 12.0. The van der Waals surface area contributed by atoms with Gasteiger partial charge in [-0.1, -0.05) is 22.0 Å². The number of nitrogens with one attached hydrogen (secondary N) is 2. The number of nitrogen functional groups attached to an aromatic ring is 1. The number of rotatable bonds is 4. The normalized spacial score (nSPS) is 10.2. The van der Waals surface area contributed by atoms with Crippen molar-refractivity contribution in [1.82, 2.24) is 14.9 Å². The molecule has 0 fully saturated rings. The van der Waals surface area contributed by atoms with Gasteiger partial charge in [0.25, 0.3) is 0 Å². The van der Waals surface area contributed by atoms with Crippen LogP contribution in [0.2, 0.25) is 0 Å². The van der Waals surface area contributed by atoms with E-state index in [1.54, 1.807) is 12.1 Å². The molecule has 3 aromatic rings. The highest BCUT2D eigenvalue weighted by Crippen LogP contribution is 2.28. The van der Waals surface area contributed by atoms with Gasteiger partial charge in [0.1, 0.15) is 11.3 Å². The van der Waals surface area contributed by atoms with Crippen molar-refractivity contribution in [3.8, 4) is 11.3 Å². The van der Waals surface area contributed by atoms with E-state index >= 15 is 0 Å². The second-order valence-electron chi connectivity index (χ2n) is 5.33. The highest BCUT2D eigenvalue weighted by atomic mass is 79.9. The molecule has 0 spiro atoms. The second-order valence-corrected chi connectivity index (χ2v) is 6.24. The van der Waals surface area contributed by atoms with Crippen molar-refractivity contribution in [2.45, 2.75) is 6.92 Å². The molecule has 25 heavy (non-hydrogen) atoms. The van der Waals surface area contributed by atoms with Crippen molar-refractivity contribution >= 4 is 39.1 Å². The molecule has 1 aromatic heterocycles. The summed E-state index contributed by atoms with van der Waals surface area (Å²) in [5, 5.41) is 6.85. The molecule has 1 heterocycles. The van der Waals surface area contributed by atoms with Gasteiger partial charge in [-0.2, -0.15) is 4.98 Å². The molecule has 0 saturated heterocycles. The SMILES string of the molecule is Cc1ccc(Br)cc1-c1cc(Nc2ccc(N=[N+]=N)cc2)nc(N)n1. The van der Waals surface area contributed by atoms with E-state index in [-0.39, 0.29) is 5.95 Å². The van der Waals surface area contributed by atoms with Crippen LogP contribution in [0.4, 0.5) is 23.1 Å². The summed E-state index contributed by atoms with van der Waals surface area (Å²) in [6.45, 7) is 2.02. The first-order valence-corrected chi connectivity index (χ1v) is 8.20. The zero-order valence-corrected chi connectivity index (χ0v) is 14.9. The van der Waals surface area contributed by atoms with Gasteiger partial charge >= 0.3 is 0 Å². The van der Waals surface area contributed by atoms with Crippen LogP contribution in [0.25, 0.3) is 11.3 Å². The molecule has 3 rings (SSSR count). The molecule has 2 aromatic carbocycles. The Kier molecular flexibility index (Phi) is 4.83. The molecule has 0 aliphatic heterocycles. The Morgan fingerprint density at radius 3 is 2.60 bits per heavy atom. The molecule has 0 aliphatic rings. The monoisotopic (exact) mass is 396 g/mol. The van der Waals surface area contributed by atoms with Crippen LogP contribution in [0.15, 0.2) is 58.1 Å². The van der Waals surface area contributed by atoms with Crippen molar-refractivity contribution in [2.24, 2.45) is 5.11 Å². The Bertz CT molecular complexity index is 963. The van der Waals surface area contributed by atoms with Crippen molar-refractivity contribution in [1.29, 1.82) is 5.53 Å². The number of halogens is 1. The molecule has 0 unspecified atom stereocenters. The highest BCUT2D eigenvalue weighted by molar-refractivity contribution is 9.10. The Balaban J connectivity index is 1.94. The van der Waals surface area contributed by atoms with Crippen molar-refractivity contribution < 1.29 is 0 Å². The van der Waals surface area contributed by atoms with E-state index in [1.165, 1.54) is 0 Å². The van der Waals surface area contributed by atoms with E-state index in [0.29, 0.717) is 11.5 Å². The quantitative estimate of drug-likeness (QED) is 0.436. The van der Waals surface area contributed by atoms with E-state index < -0.39 is 0 Å². The summed E-state index contributed by atoms with van der Waals surface area (Å²) in [6, 6.07) is 15.0. The number of nitrogens with two attached hydrogens (primary N) is 1. The van der Waals surface area contributed by atoms with Crippen molar-refractivity contribution in [3.63, 3.8) is 0 Å². The van der Waals surface area contributed by atoms with Gasteiger partial charge in [0.2, 0.25) is 10.9 Å². The third kappa shape index (κ3) is 4.06. The predicted octanol–water partition coefficient (Wildman–Crippen LogP) is 4.72. The summed E-state index contributed by atoms with van der Waals surface area (Å²) in [7, 11) is 0. The van der Waals surface area contributed by atoms with Crippen LogP contribution in [0, 0.1) is 12.5 Å². The Labute approximate surface area is 152 Å². The maximum atomic E-state index is 6.74. The molecule has 124 valence electrons. The fraction of sp³-hybridized carbons (Fsp3) is 0.0588. The number of aromatic nitrogens is 2. The lowest BCUT2D eigenvalue weighted by Crippen LogP contribution is -2.02. The maximum absolute atomic E-state index is 6.74. The third-order valence-electron chi connectivity index (χ3n) is 3.52. The topological polar surface area (TPSA) is 114 Å². The van der Waals surface area contributed by atoms with E-state index in [0.717, 1.165) is 27.0 Å². The van der Waals surface area contributed by atoms with Crippen molar-refractivity contribution in [2.75, 3.05) is 11.1 Å². The summed E-state index contributed by atoms with van der Waals surface area (Å²) in [5.74, 6) is 0.788. The van der Waals surface area contributed by atoms with Crippen LogP contribution in [0.5, 0.6) is 0 Å².